The highest BCUT2D eigenvalue weighted by molar-refractivity contribution is 5.59. The fourth-order valence-corrected chi connectivity index (χ4v) is 2.54. The zero-order chi connectivity index (χ0) is 13.8. The summed E-state index contributed by atoms with van der Waals surface area (Å²) in [4.78, 5) is 10.9. The van der Waals surface area contributed by atoms with Crippen LogP contribution in [0.25, 0.3) is 0 Å². The van der Waals surface area contributed by atoms with Gasteiger partial charge < -0.3 is 5.32 Å². The van der Waals surface area contributed by atoms with Crippen LogP contribution in [0, 0.1) is 16.0 Å². The molecule has 0 spiro atoms. The Kier molecular flexibility index (Phi) is 4.39. The minimum Gasteiger partial charge on any atom is -0.365 e. The number of rotatable bonds is 7. The number of hydrogen-bond acceptors (Lipinski definition) is 4. The summed E-state index contributed by atoms with van der Waals surface area (Å²) in [6.45, 7) is 2.79. The predicted molar refractivity (Wildman–Crippen MR) is 74.3 cm³/mol. The van der Waals surface area contributed by atoms with Gasteiger partial charge in [0.25, 0.3) is 0 Å². The third-order valence-electron chi connectivity index (χ3n) is 3.83. The molecule has 0 atom stereocenters. The Morgan fingerprint density at radius 1 is 1.53 bits per heavy atom. The first-order chi connectivity index (χ1) is 9.13. The van der Waals surface area contributed by atoms with Crippen LogP contribution in [0.15, 0.2) is 0 Å². The van der Waals surface area contributed by atoms with Crippen molar-refractivity contribution < 1.29 is 4.92 Å². The summed E-state index contributed by atoms with van der Waals surface area (Å²) >= 11 is 0. The topological polar surface area (TPSA) is 73.0 Å². The molecule has 1 aliphatic carbocycles. The van der Waals surface area contributed by atoms with Gasteiger partial charge in [0.2, 0.25) is 5.82 Å². The first-order valence-corrected chi connectivity index (χ1v) is 7.07. The van der Waals surface area contributed by atoms with Gasteiger partial charge in [-0.15, -0.1) is 0 Å². The molecule has 1 aromatic heterocycles. The van der Waals surface area contributed by atoms with Crippen molar-refractivity contribution in [3.8, 4) is 0 Å². The largest absolute Gasteiger partial charge is 0.365 e. The average molecular weight is 266 g/mol. The maximum Gasteiger partial charge on any atom is 0.333 e. The number of hydrogen-bond donors (Lipinski definition) is 1. The molecule has 6 nitrogen and oxygen atoms in total. The summed E-state index contributed by atoms with van der Waals surface area (Å²) in [6, 6.07) is 0. The lowest BCUT2D eigenvalue weighted by atomic mass is 9.83. The van der Waals surface area contributed by atoms with E-state index in [0.717, 1.165) is 25.3 Å². The zero-order valence-corrected chi connectivity index (χ0v) is 11.7. The first-order valence-electron chi connectivity index (χ1n) is 7.07. The van der Waals surface area contributed by atoms with Crippen molar-refractivity contribution in [1.82, 2.24) is 9.78 Å². The molecule has 6 heteroatoms. The standard InChI is InChI=1S/C13H22N4O2/c1-3-5-11-12(17(18)19)13(16(2)15-11)14-9-8-10-6-4-7-10/h10,14H,3-9H2,1-2H3. The van der Waals surface area contributed by atoms with Crippen molar-refractivity contribution in [2.24, 2.45) is 13.0 Å². The molecule has 1 fully saturated rings. The molecule has 0 aromatic carbocycles. The highest BCUT2D eigenvalue weighted by Crippen LogP contribution is 2.31. The van der Waals surface area contributed by atoms with Crippen molar-refractivity contribution in [3.63, 3.8) is 0 Å². The summed E-state index contributed by atoms with van der Waals surface area (Å²) in [7, 11) is 1.76. The van der Waals surface area contributed by atoms with Gasteiger partial charge in [-0.2, -0.15) is 5.10 Å². The third kappa shape index (κ3) is 3.05. The van der Waals surface area contributed by atoms with Gasteiger partial charge in [-0.25, -0.2) is 4.68 Å². The van der Waals surface area contributed by atoms with E-state index in [4.69, 9.17) is 0 Å². The van der Waals surface area contributed by atoms with Crippen LogP contribution in [0.1, 0.15) is 44.7 Å². The van der Waals surface area contributed by atoms with Crippen LogP contribution in [0.3, 0.4) is 0 Å². The monoisotopic (exact) mass is 266 g/mol. The molecule has 19 heavy (non-hydrogen) atoms. The van der Waals surface area contributed by atoms with E-state index < -0.39 is 0 Å². The second kappa shape index (κ2) is 6.04. The van der Waals surface area contributed by atoms with E-state index >= 15 is 0 Å². The molecule has 0 amide bonds. The van der Waals surface area contributed by atoms with Gasteiger partial charge >= 0.3 is 5.69 Å². The number of nitro groups is 1. The Bertz CT molecular complexity index is 452. The SMILES string of the molecule is CCCc1nn(C)c(NCCC2CCC2)c1[N+](=O)[O-]. The van der Waals surface area contributed by atoms with Crippen molar-refractivity contribution in [1.29, 1.82) is 0 Å². The molecule has 1 aromatic rings. The fraction of sp³-hybridized carbons (Fsp3) is 0.769. The average Bonchev–Trinajstić information content (AvgIpc) is 2.59. The van der Waals surface area contributed by atoms with E-state index in [9.17, 15) is 10.1 Å². The van der Waals surface area contributed by atoms with Crippen LogP contribution in [0.4, 0.5) is 11.5 Å². The predicted octanol–water partition coefficient (Wildman–Crippen LogP) is 2.88. The maximum absolute atomic E-state index is 11.2. The van der Waals surface area contributed by atoms with Crippen LogP contribution in [0.5, 0.6) is 0 Å². The van der Waals surface area contributed by atoms with E-state index in [1.54, 1.807) is 11.7 Å². The van der Waals surface area contributed by atoms with Crippen LogP contribution in [-0.2, 0) is 13.5 Å². The number of nitrogens with one attached hydrogen (secondary N) is 1. The lowest BCUT2D eigenvalue weighted by Crippen LogP contribution is -2.16. The van der Waals surface area contributed by atoms with Gasteiger partial charge in [-0.1, -0.05) is 32.6 Å². The quantitative estimate of drug-likeness (QED) is 0.608. The zero-order valence-electron chi connectivity index (χ0n) is 11.7. The van der Waals surface area contributed by atoms with Crippen molar-refractivity contribution >= 4 is 11.5 Å². The molecule has 1 saturated carbocycles. The third-order valence-corrected chi connectivity index (χ3v) is 3.83. The Balaban J connectivity index is 2.06. The van der Waals surface area contributed by atoms with Gasteiger partial charge in [-0.3, -0.25) is 10.1 Å². The van der Waals surface area contributed by atoms with Gasteiger partial charge in [0, 0.05) is 13.6 Å². The fourth-order valence-electron chi connectivity index (χ4n) is 2.54. The van der Waals surface area contributed by atoms with Crippen molar-refractivity contribution in [3.05, 3.63) is 15.8 Å². The van der Waals surface area contributed by atoms with Crippen LogP contribution < -0.4 is 5.32 Å². The second-order valence-corrected chi connectivity index (χ2v) is 5.29. The van der Waals surface area contributed by atoms with E-state index in [0.29, 0.717) is 17.9 Å². The Morgan fingerprint density at radius 2 is 2.26 bits per heavy atom. The highest BCUT2D eigenvalue weighted by Gasteiger charge is 2.26. The Hall–Kier alpha value is -1.59. The first kappa shape index (κ1) is 13.8. The summed E-state index contributed by atoms with van der Waals surface area (Å²) in [6.07, 6.45) is 6.53. The van der Waals surface area contributed by atoms with E-state index in [1.807, 2.05) is 6.92 Å². The molecule has 106 valence electrons. The lowest BCUT2D eigenvalue weighted by molar-refractivity contribution is -0.384. The lowest BCUT2D eigenvalue weighted by Gasteiger charge is -2.25. The summed E-state index contributed by atoms with van der Waals surface area (Å²) in [5.41, 5.74) is 0.735. The Morgan fingerprint density at radius 3 is 2.79 bits per heavy atom. The van der Waals surface area contributed by atoms with Gasteiger partial charge in [0.1, 0.15) is 5.69 Å². The van der Waals surface area contributed by atoms with Gasteiger partial charge in [-0.05, 0) is 18.8 Å². The molecule has 0 unspecified atom stereocenters. The molecule has 0 bridgehead atoms. The number of nitrogens with zero attached hydrogens (tertiary/aromatic N) is 3. The smallest absolute Gasteiger partial charge is 0.333 e. The molecule has 0 radical (unpaired) electrons. The maximum atomic E-state index is 11.2. The number of aryl methyl sites for hydroxylation is 2. The molecular weight excluding hydrogens is 244 g/mol. The van der Waals surface area contributed by atoms with Crippen molar-refractivity contribution in [2.45, 2.75) is 45.4 Å². The van der Waals surface area contributed by atoms with Crippen LogP contribution >= 0.6 is 0 Å². The number of anilines is 1. The normalized spacial score (nSPS) is 15.3. The van der Waals surface area contributed by atoms with Gasteiger partial charge in [0.15, 0.2) is 0 Å². The molecular formula is C13H22N4O2. The Labute approximate surface area is 113 Å². The molecule has 0 aliphatic heterocycles. The minimum absolute atomic E-state index is 0.151. The molecule has 0 saturated heterocycles. The molecule has 2 rings (SSSR count). The van der Waals surface area contributed by atoms with E-state index in [1.165, 1.54) is 19.3 Å². The summed E-state index contributed by atoms with van der Waals surface area (Å²) in [5, 5.41) is 18.7. The van der Waals surface area contributed by atoms with Crippen molar-refractivity contribution in [2.75, 3.05) is 11.9 Å². The number of aromatic nitrogens is 2. The summed E-state index contributed by atoms with van der Waals surface area (Å²) in [5.74, 6) is 1.35. The summed E-state index contributed by atoms with van der Waals surface area (Å²) < 4.78 is 1.60. The minimum atomic E-state index is -0.316. The molecule has 1 aliphatic rings. The second-order valence-electron chi connectivity index (χ2n) is 5.29. The van der Waals surface area contributed by atoms with Gasteiger partial charge in [0.05, 0.1) is 4.92 Å². The van der Waals surface area contributed by atoms with E-state index in [2.05, 4.69) is 10.4 Å². The molecule has 1 N–H and O–H groups in total. The van der Waals surface area contributed by atoms with Crippen LogP contribution in [-0.4, -0.2) is 21.2 Å². The van der Waals surface area contributed by atoms with Crippen LogP contribution in [0.2, 0.25) is 0 Å². The molecule has 1 heterocycles. The van der Waals surface area contributed by atoms with E-state index in [-0.39, 0.29) is 10.6 Å². The highest BCUT2D eigenvalue weighted by atomic mass is 16.6.